The average Bonchev–Trinajstić information content (AvgIpc) is 2.30. The van der Waals surface area contributed by atoms with Crippen LogP contribution in [0.3, 0.4) is 0 Å². The highest BCUT2D eigenvalue weighted by atomic mass is 35.5. The van der Waals surface area contributed by atoms with Crippen LogP contribution < -0.4 is 10.1 Å². The molecule has 0 amide bonds. The molecule has 4 nitrogen and oxygen atoms in total. The Kier molecular flexibility index (Phi) is 5.72. The number of carboxylic acid groups (broad SMARTS) is 1. The number of halogens is 2. The lowest BCUT2D eigenvalue weighted by atomic mass is 10.2. The van der Waals surface area contributed by atoms with Crippen molar-refractivity contribution in [3.8, 4) is 5.75 Å². The van der Waals surface area contributed by atoms with E-state index in [1.807, 2.05) is 6.92 Å². The van der Waals surface area contributed by atoms with Crippen LogP contribution in [0.2, 0.25) is 10.0 Å². The van der Waals surface area contributed by atoms with Gasteiger partial charge in [0.1, 0.15) is 18.4 Å². The largest absolute Gasteiger partial charge is 0.492 e. The second-order valence-corrected chi connectivity index (χ2v) is 4.83. The number of hydrogen-bond acceptors (Lipinski definition) is 3. The van der Waals surface area contributed by atoms with Crippen molar-refractivity contribution in [2.75, 3.05) is 6.61 Å². The highest BCUT2D eigenvalue weighted by Gasteiger charge is 2.14. The van der Waals surface area contributed by atoms with Gasteiger partial charge in [-0.15, -0.1) is 0 Å². The highest BCUT2D eigenvalue weighted by molar-refractivity contribution is 6.42. The van der Waals surface area contributed by atoms with Crippen LogP contribution in [-0.2, 0) is 4.79 Å². The summed E-state index contributed by atoms with van der Waals surface area (Å²) in [4.78, 5) is 10.7. The molecule has 0 aliphatic rings. The summed E-state index contributed by atoms with van der Waals surface area (Å²) >= 11 is 11.6. The van der Waals surface area contributed by atoms with E-state index in [0.29, 0.717) is 22.4 Å². The summed E-state index contributed by atoms with van der Waals surface area (Å²) in [6, 6.07) is 4.28. The fraction of sp³-hybridized carbons (Fsp3) is 0.417. The van der Waals surface area contributed by atoms with Crippen molar-refractivity contribution in [3.63, 3.8) is 0 Å². The summed E-state index contributed by atoms with van der Waals surface area (Å²) in [5.41, 5.74) is 0. The van der Waals surface area contributed by atoms with Gasteiger partial charge in [0.05, 0.1) is 10.0 Å². The Morgan fingerprint density at radius 3 is 2.61 bits per heavy atom. The van der Waals surface area contributed by atoms with Gasteiger partial charge < -0.3 is 9.84 Å². The fourth-order valence-electron chi connectivity index (χ4n) is 1.33. The molecule has 0 heterocycles. The number of hydrogen-bond donors (Lipinski definition) is 2. The first-order valence-electron chi connectivity index (χ1n) is 5.47. The zero-order valence-electron chi connectivity index (χ0n) is 10.1. The molecular formula is C12H15Cl2NO3. The molecule has 100 valence electrons. The van der Waals surface area contributed by atoms with Crippen LogP contribution in [0.4, 0.5) is 0 Å². The number of nitrogens with one attached hydrogen (secondary N) is 1. The van der Waals surface area contributed by atoms with Gasteiger partial charge in [-0.05, 0) is 26.0 Å². The van der Waals surface area contributed by atoms with E-state index in [9.17, 15) is 4.79 Å². The minimum Gasteiger partial charge on any atom is -0.492 e. The molecule has 1 aromatic rings. The number of rotatable bonds is 6. The van der Waals surface area contributed by atoms with Crippen LogP contribution in [0, 0.1) is 0 Å². The molecule has 2 atom stereocenters. The van der Waals surface area contributed by atoms with Crippen molar-refractivity contribution < 1.29 is 14.6 Å². The second-order valence-electron chi connectivity index (χ2n) is 4.01. The third kappa shape index (κ3) is 4.72. The maximum Gasteiger partial charge on any atom is 0.320 e. The van der Waals surface area contributed by atoms with E-state index < -0.39 is 12.0 Å². The smallest absolute Gasteiger partial charge is 0.320 e. The molecule has 2 unspecified atom stereocenters. The van der Waals surface area contributed by atoms with Gasteiger partial charge in [0.15, 0.2) is 0 Å². The van der Waals surface area contributed by atoms with Gasteiger partial charge in [-0.2, -0.15) is 0 Å². The lowest BCUT2D eigenvalue weighted by molar-refractivity contribution is -0.139. The first kappa shape index (κ1) is 15.1. The maximum absolute atomic E-state index is 10.7. The van der Waals surface area contributed by atoms with E-state index in [1.54, 1.807) is 25.1 Å². The maximum atomic E-state index is 10.7. The van der Waals surface area contributed by atoms with Gasteiger partial charge in [-0.1, -0.05) is 23.2 Å². The van der Waals surface area contributed by atoms with Crippen molar-refractivity contribution >= 4 is 29.2 Å². The molecule has 1 aromatic carbocycles. The lowest BCUT2D eigenvalue weighted by Crippen LogP contribution is -2.42. The Labute approximate surface area is 116 Å². The number of carboxylic acids is 1. The van der Waals surface area contributed by atoms with Crippen molar-refractivity contribution in [2.24, 2.45) is 0 Å². The van der Waals surface area contributed by atoms with Crippen molar-refractivity contribution in [3.05, 3.63) is 28.2 Å². The van der Waals surface area contributed by atoms with Crippen molar-refractivity contribution in [1.82, 2.24) is 5.32 Å². The first-order valence-corrected chi connectivity index (χ1v) is 6.22. The minimum atomic E-state index is -0.892. The van der Waals surface area contributed by atoms with E-state index in [1.165, 1.54) is 0 Å². The quantitative estimate of drug-likeness (QED) is 0.846. The number of ether oxygens (including phenoxy) is 1. The van der Waals surface area contributed by atoms with E-state index in [-0.39, 0.29) is 6.04 Å². The van der Waals surface area contributed by atoms with Gasteiger partial charge in [0.2, 0.25) is 0 Å². The molecule has 2 N–H and O–H groups in total. The van der Waals surface area contributed by atoms with Crippen LogP contribution in [0.5, 0.6) is 5.75 Å². The van der Waals surface area contributed by atoms with Gasteiger partial charge >= 0.3 is 5.97 Å². The highest BCUT2D eigenvalue weighted by Crippen LogP contribution is 2.26. The summed E-state index contributed by atoms with van der Waals surface area (Å²) in [6.45, 7) is 3.77. The summed E-state index contributed by atoms with van der Waals surface area (Å²) in [5.74, 6) is -0.294. The molecule has 0 bridgehead atoms. The van der Waals surface area contributed by atoms with Crippen LogP contribution in [0.1, 0.15) is 13.8 Å². The Morgan fingerprint density at radius 1 is 1.39 bits per heavy atom. The van der Waals surface area contributed by atoms with E-state index >= 15 is 0 Å². The molecule has 6 heteroatoms. The van der Waals surface area contributed by atoms with Gasteiger partial charge in [0, 0.05) is 12.1 Å². The number of benzene rings is 1. The zero-order valence-corrected chi connectivity index (χ0v) is 11.6. The Morgan fingerprint density at radius 2 is 2.06 bits per heavy atom. The van der Waals surface area contributed by atoms with Gasteiger partial charge in [-0.25, -0.2) is 0 Å². The van der Waals surface area contributed by atoms with Crippen LogP contribution >= 0.6 is 23.2 Å². The third-order valence-electron chi connectivity index (χ3n) is 2.30. The average molecular weight is 292 g/mol. The predicted octanol–water partition coefficient (Wildman–Crippen LogP) is 2.82. The summed E-state index contributed by atoms with van der Waals surface area (Å²) in [6.07, 6.45) is 0. The standard InChI is InChI=1S/C12H15Cl2NO3/c1-7(15-8(2)12(16)17)6-18-9-3-4-10(13)11(14)5-9/h3-5,7-8,15H,6H2,1-2H3,(H,16,17). The normalized spacial score (nSPS) is 14.0. The molecule has 18 heavy (non-hydrogen) atoms. The Hall–Kier alpha value is -0.970. The SMILES string of the molecule is CC(COc1ccc(Cl)c(Cl)c1)NC(C)C(=O)O. The van der Waals surface area contributed by atoms with E-state index in [4.69, 9.17) is 33.0 Å². The second kappa shape index (κ2) is 6.83. The molecule has 0 aromatic heterocycles. The molecule has 0 radical (unpaired) electrons. The topological polar surface area (TPSA) is 58.6 Å². The number of carbonyl (C=O) groups is 1. The fourth-order valence-corrected chi connectivity index (χ4v) is 1.62. The lowest BCUT2D eigenvalue weighted by Gasteiger charge is -2.17. The Bertz CT molecular complexity index is 426. The molecular weight excluding hydrogens is 277 g/mol. The third-order valence-corrected chi connectivity index (χ3v) is 3.04. The Balaban J connectivity index is 2.44. The molecule has 0 fully saturated rings. The molecule has 0 saturated heterocycles. The van der Waals surface area contributed by atoms with Crippen molar-refractivity contribution in [1.29, 1.82) is 0 Å². The molecule has 0 aliphatic heterocycles. The predicted molar refractivity (Wildman–Crippen MR) is 71.7 cm³/mol. The minimum absolute atomic E-state index is 0.0921. The monoisotopic (exact) mass is 291 g/mol. The first-order chi connectivity index (χ1) is 8.40. The van der Waals surface area contributed by atoms with Gasteiger partial charge in [0.25, 0.3) is 0 Å². The summed E-state index contributed by atoms with van der Waals surface area (Å²) in [5, 5.41) is 12.5. The van der Waals surface area contributed by atoms with Crippen LogP contribution in [-0.4, -0.2) is 29.8 Å². The summed E-state index contributed by atoms with van der Waals surface area (Å²) < 4.78 is 5.49. The number of aliphatic carboxylic acids is 1. The van der Waals surface area contributed by atoms with Crippen molar-refractivity contribution in [2.45, 2.75) is 25.9 Å². The summed E-state index contributed by atoms with van der Waals surface area (Å²) in [7, 11) is 0. The molecule has 0 aliphatic carbocycles. The molecule has 0 saturated carbocycles. The van der Waals surface area contributed by atoms with E-state index in [2.05, 4.69) is 5.32 Å². The van der Waals surface area contributed by atoms with Crippen LogP contribution in [0.15, 0.2) is 18.2 Å². The molecule has 1 rings (SSSR count). The van der Waals surface area contributed by atoms with Gasteiger partial charge in [-0.3, -0.25) is 10.1 Å². The van der Waals surface area contributed by atoms with E-state index in [0.717, 1.165) is 0 Å². The molecule has 0 spiro atoms. The van der Waals surface area contributed by atoms with Crippen LogP contribution in [0.25, 0.3) is 0 Å². The zero-order chi connectivity index (χ0) is 13.7.